The fraction of sp³-hybridized carbons (Fsp3) is 0.733. The molecule has 1 aromatic heterocycles. The van der Waals surface area contributed by atoms with E-state index in [0.29, 0.717) is 13.1 Å². The maximum absolute atomic E-state index is 10.1. The highest BCUT2D eigenvalue weighted by Crippen LogP contribution is 2.18. The normalized spacial score (nSPS) is 18.5. The molecule has 0 aromatic carbocycles. The van der Waals surface area contributed by atoms with Crippen LogP contribution in [0.25, 0.3) is 0 Å². The van der Waals surface area contributed by atoms with E-state index in [9.17, 15) is 5.11 Å². The van der Waals surface area contributed by atoms with Gasteiger partial charge in [0.05, 0.1) is 19.3 Å². The summed E-state index contributed by atoms with van der Waals surface area (Å²) in [7, 11) is 0. The van der Waals surface area contributed by atoms with E-state index in [1.807, 2.05) is 6.07 Å². The van der Waals surface area contributed by atoms with Crippen molar-refractivity contribution in [1.29, 1.82) is 0 Å². The molecule has 1 aliphatic rings. The Bertz CT molecular complexity index is 442. The molecule has 2 rings (SSSR count). The highest BCUT2D eigenvalue weighted by atomic mass is 16.5. The summed E-state index contributed by atoms with van der Waals surface area (Å²) >= 11 is 0. The van der Waals surface area contributed by atoms with Gasteiger partial charge in [0.2, 0.25) is 0 Å². The Labute approximate surface area is 126 Å². The zero-order chi connectivity index (χ0) is 15.3. The van der Waals surface area contributed by atoms with Gasteiger partial charge in [-0.3, -0.25) is 4.90 Å². The Morgan fingerprint density at radius 1 is 1.38 bits per heavy atom. The van der Waals surface area contributed by atoms with Gasteiger partial charge in [-0.05, 0) is 6.07 Å². The van der Waals surface area contributed by atoms with Gasteiger partial charge in [-0.2, -0.15) is 0 Å². The number of anilines is 1. The molecule has 2 heterocycles. The maximum Gasteiger partial charge on any atom is 0.135 e. The zero-order valence-electron chi connectivity index (χ0n) is 13.2. The Kier molecular flexibility index (Phi) is 5.50. The summed E-state index contributed by atoms with van der Waals surface area (Å²) in [5, 5.41) is 13.3. The van der Waals surface area contributed by atoms with Gasteiger partial charge < -0.3 is 15.2 Å². The van der Waals surface area contributed by atoms with E-state index in [1.165, 1.54) is 0 Å². The summed E-state index contributed by atoms with van der Waals surface area (Å²) in [6.07, 6.45) is 1.33. The number of nitrogens with zero attached hydrogens (tertiary/aromatic N) is 3. The van der Waals surface area contributed by atoms with Crippen LogP contribution in [0.3, 0.4) is 0 Å². The summed E-state index contributed by atoms with van der Waals surface area (Å²) in [6, 6.07) is 1.83. The number of aliphatic hydroxyl groups is 1. The van der Waals surface area contributed by atoms with Gasteiger partial charge in [0.15, 0.2) is 0 Å². The van der Waals surface area contributed by atoms with Crippen LogP contribution in [0.1, 0.15) is 26.6 Å². The van der Waals surface area contributed by atoms with Crippen LogP contribution in [-0.2, 0) is 10.2 Å². The average Bonchev–Trinajstić information content (AvgIpc) is 2.46. The number of hydrogen-bond acceptors (Lipinski definition) is 6. The van der Waals surface area contributed by atoms with Crippen molar-refractivity contribution < 1.29 is 9.84 Å². The molecule has 21 heavy (non-hydrogen) atoms. The van der Waals surface area contributed by atoms with E-state index in [-0.39, 0.29) is 5.41 Å². The quantitative estimate of drug-likeness (QED) is 0.840. The molecule has 0 saturated carbocycles. The number of rotatable bonds is 5. The molecule has 1 aromatic rings. The van der Waals surface area contributed by atoms with Crippen LogP contribution < -0.4 is 5.32 Å². The predicted molar refractivity (Wildman–Crippen MR) is 82.5 cm³/mol. The van der Waals surface area contributed by atoms with E-state index in [0.717, 1.165) is 37.9 Å². The molecule has 2 N–H and O–H groups in total. The van der Waals surface area contributed by atoms with Gasteiger partial charge in [0.1, 0.15) is 11.6 Å². The van der Waals surface area contributed by atoms with Gasteiger partial charge in [-0.25, -0.2) is 9.97 Å². The topological polar surface area (TPSA) is 70.5 Å². The van der Waals surface area contributed by atoms with E-state index in [4.69, 9.17) is 4.74 Å². The molecule has 0 aliphatic carbocycles. The van der Waals surface area contributed by atoms with Crippen molar-refractivity contribution >= 4 is 5.82 Å². The second-order valence-corrected chi connectivity index (χ2v) is 6.46. The molecule has 1 fully saturated rings. The Morgan fingerprint density at radius 2 is 2.10 bits per heavy atom. The van der Waals surface area contributed by atoms with E-state index < -0.39 is 6.10 Å². The molecule has 1 unspecified atom stereocenters. The van der Waals surface area contributed by atoms with Gasteiger partial charge in [-0.1, -0.05) is 20.8 Å². The summed E-state index contributed by atoms with van der Waals surface area (Å²) in [5.41, 5.74) is -0.0793. The number of aromatic nitrogens is 2. The number of morpholine rings is 1. The fourth-order valence-electron chi connectivity index (χ4n) is 2.19. The van der Waals surface area contributed by atoms with Crippen LogP contribution in [0.15, 0.2) is 12.3 Å². The highest BCUT2D eigenvalue weighted by Gasteiger charge is 2.18. The lowest BCUT2D eigenvalue weighted by Crippen LogP contribution is -2.42. The lowest BCUT2D eigenvalue weighted by atomic mass is 9.96. The van der Waals surface area contributed by atoms with Crippen LogP contribution in [0.2, 0.25) is 0 Å². The number of ether oxygens (including phenoxy) is 1. The SMILES string of the molecule is CC(C)(C)c1nccc(NCC(O)CN2CCOCC2)n1. The molecule has 118 valence electrons. The van der Waals surface area contributed by atoms with Crippen molar-refractivity contribution in [3.8, 4) is 0 Å². The smallest absolute Gasteiger partial charge is 0.135 e. The van der Waals surface area contributed by atoms with Crippen molar-refractivity contribution in [2.24, 2.45) is 0 Å². The van der Waals surface area contributed by atoms with Crippen LogP contribution in [0.5, 0.6) is 0 Å². The third kappa shape index (κ3) is 5.22. The molecule has 1 atom stereocenters. The molecule has 6 nitrogen and oxygen atoms in total. The highest BCUT2D eigenvalue weighted by molar-refractivity contribution is 5.33. The second-order valence-electron chi connectivity index (χ2n) is 6.46. The molecule has 6 heteroatoms. The van der Waals surface area contributed by atoms with Crippen molar-refractivity contribution in [2.45, 2.75) is 32.3 Å². The van der Waals surface area contributed by atoms with Crippen LogP contribution in [0, 0.1) is 0 Å². The standard InChI is InChI=1S/C15H26N4O2/c1-15(2,3)14-16-5-4-13(18-14)17-10-12(20)11-19-6-8-21-9-7-19/h4-5,12,20H,6-11H2,1-3H3,(H,16,17,18). The largest absolute Gasteiger partial charge is 0.390 e. The number of aliphatic hydroxyl groups excluding tert-OH is 1. The molecule has 0 bridgehead atoms. The van der Waals surface area contributed by atoms with E-state index in [1.54, 1.807) is 6.20 Å². The third-order valence-corrected chi connectivity index (χ3v) is 3.42. The summed E-state index contributed by atoms with van der Waals surface area (Å²) < 4.78 is 5.30. The fourth-order valence-corrected chi connectivity index (χ4v) is 2.19. The minimum Gasteiger partial charge on any atom is -0.390 e. The van der Waals surface area contributed by atoms with Gasteiger partial charge in [0.25, 0.3) is 0 Å². The number of nitrogens with one attached hydrogen (secondary N) is 1. The average molecular weight is 294 g/mol. The van der Waals surface area contributed by atoms with Crippen molar-refractivity contribution in [3.05, 3.63) is 18.1 Å². The Balaban J connectivity index is 1.82. The van der Waals surface area contributed by atoms with Crippen molar-refractivity contribution in [3.63, 3.8) is 0 Å². The molecular formula is C15H26N4O2. The summed E-state index contributed by atoms with van der Waals surface area (Å²) in [5.74, 6) is 1.56. The first-order valence-corrected chi connectivity index (χ1v) is 7.51. The molecule has 1 aliphatic heterocycles. The molecule has 0 radical (unpaired) electrons. The lowest BCUT2D eigenvalue weighted by Gasteiger charge is -2.28. The first-order chi connectivity index (χ1) is 9.95. The van der Waals surface area contributed by atoms with Gasteiger partial charge in [0, 0.05) is 37.8 Å². The molecule has 0 spiro atoms. The monoisotopic (exact) mass is 294 g/mol. The first-order valence-electron chi connectivity index (χ1n) is 7.51. The maximum atomic E-state index is 10.1. The minimum absolute atomic E-state index is 0.0793. The van der Waals surface area contributed by atoms with Crippen molar-refractivity contribution in [2.75, 3.05) is 44.7 Å². The van der Waals surface area contributed by atoms with Crippen LogP contribution >= 0.6 is 0 Å². The first kappa shape index (κ1) is 16.1. The van der Waals surface area contributed by atoms with Gasteiger partial charge in [-0.15, -0.1) is 0 Å². The predicted octanol–water partition coefficient (Wildman–Crippen LogP) is 0.879. The number of β-amino-alcohol motifs (C(OH)–C–C–N with tert-alkyl or cyclic N) is 1. The minimum atomic E-state index is -0.420. The summed E-state index contributed by atoms with van der Waals surface area (Å²) in [4.78, 5) is 11.0. The number of hydrogen-bond donors (Lipinski definition) is 2. The zero-order valence-corrected chi connectivity index (χ0v) is 13.2. The van der Waals surface area contributed by atoms with Crippen LogP contribution in [-0.4, -0.2) is 65.5 Å². The molecule has 1 saturated heterocycles. The molecular weight excluding hydrogens is 268 g/mol. The van der Waals surface area contributed by atoms with Crippen molar-refractivity contribution in [1.82, 2.24) is 14.9 Å². The molecule has 0 amide bonds. The Hall–Kier alpha value is -1.24. The van der Waals surface area contributed by atoms with E-state index >= 15 is 0 Å². The van der Waals surface area contributed by atoms with Gasteiger partial charge >= 0.3 is 0 Å². The summed E-state index contributed by atoms with van der Waals surface area (Å²) in [6.45, 7) is 10.7. The van der Waals surface area contributed by atoms with E-state index in [2.05, 4.69) is 41.0 Å². The third-order valence-electron chi connectivity index (χ3n) is 3.42. The lowest BCUT2D eigenvalue weighted by molar-refractivity contribution is 0.0171. The second kappa shape index (κ2) is 7.15. The Morgan fingerprint density at radius 3 is 2.76 bits per heavy atom. The van der Waals surface area contributed by atoms with Crippen LogP contribution in [0.4, 0.5) is 5.82 Å².